The van der Waals surface area contributed by atoms with Crippen LogP contribution in [0.15, 0.2) is 18.5 Å². The molecule has 1 nitrogen and oxygen atoms in total. The van der Waals surface area contributed by atoms with Crippen molar-refractivity contribution in [2.75, 3.05) is 0 Å². The van der Waals surface area contributed by atoms with Crippen LogP contribution in [0.5, 0.6) is 0 Å². The van der Waals surface area contributed by atoms with E-state index in [2.05, 4.69) is 31.8 Å². The molecule has 0 saturated carbocycles. The van der Waals surface area contributed by atoms with Crippen molar-refractivity contribution in [3.63, 3.8) is 0 Å². The number of unbranched alkanes of at least 4 members (excludes halogenated alkanes) is 1. The molecular formula is C13H21N. The summed E-state index contributed by atoms with van der Waals surface area (Å²) in [7, 11) is 0. The summed E-state index contributed by atoms with van der Waals surface area (Å²) >= 11 is 0. The van der Waals surface area contributed by atoms with Crippen molar-refractivity contribution < 1.29 is 0 Å². The molecule has 0 aliphatic carbocycles. The van der Waals surface area contributed by atoms with Crippen molar-refractivity contribution in [1.29, 1.82) is 0 Å². The molecule has 1 rings (SSSR count). The highest BCUT2D eigenvalue weighted by molar-refractivity contribution is 5.21. The van der Waals surface area contributed by atoms with Gasteiger partial charge in [-0.15, -0.1) is 0 Å². The average molecular weight is 191 g/mol. The fourth-order valence-corrected chi connectivity index (χ4v) is 1.65. The number of aromatic nitrogens is 1. The minimum Gasteiger partial charge on any atom is -0.264 e. The number of nitrogens with zero attached hydrogens (tertiary/aromatic N) is 1. The van der Waals surface area contributed by atoms with Crippen molar-refractivity contribution in [2.45, 2.75) is 46.5 Å². The highest BCUT2D eigenvalue weighted by Gasteiger charge is 1.98. The average Bonchev–Trinajstić information content (AvgIpc) is 2.15. The Balaban J connectivity index is 2.28. The Kier molecular flexibility index (Phi) is 4.64. The maximum Gasteiger partial charge on any atom is 0.0299 e. The van der Waals surface area contributed by atoms with Crippen LogP contribution in [0.25, 0.3) is 0 Å². The van der Waals surface area contributed by atoms with Crippen molar-refractivity contribution >= 4 is 0 Å². The zero-order valence-electron chi connectivity index (χ0n) is 9.59. The van der Waals surface area contributed by atoms with E-state index in [9.17, 15) is 0 Å². The molecule has 0 N–H and O–H groups in total. The van der Waals surface area contributed by atoms with E-state index in [4.69, 9.17) is 0 Å². The molecule has 1 aromatic rings. The SMILES string of the molecule is Cc1cnccc1CCCCC(C)C. The molecule has 14 heavy (non-hydrogen) atoms. The normalized spacial score (nSPS) is 10.9. The molecule has 1 heterocycles. The van der Waals surface area contributed by atoms with Gasteiger partial charge in [0.2, 0.25) is 0 Å². The molecule has 0 bridgehead atoms. The maximum atomic E-state index is 4.10. The summed E-state index contributed by atoms with van der Waals surface area (Å²) in [4.78, 5) is 4.10. The Hall–Kier alpha value is -0.850. The molecule has 0 fully saturated rings. The molecule has 1 heteroatoms. The van der Waals surface area contributed by atoms with E-state index >= 15 is 0 Å². The molecule has 0 aliphatic heterocycles. The second-order valence-corrected chi connectivity index (χ2v) is 4.44. The van der Waals surface area contributed by atoms with E-state index in [0.717, 1.165) is 5.92 Å². The molecule has 78 valence electrons. The Labute approximate surface area is 87.6 Å². The molecule has 0 aliphatic rings. The zero-order valence-corrected chi connectivity index (χ0v) is 9.59. The van der Waals surface area contributed by atoms with Gasteiger partial charge < -0.3 is 0 Å². The Bertz CT molecular complexity index is 266. The molecule has 0 atom stereocenters. The van der Waals surface area contributed by atoms with E-state index in [1.807, 2.05) is 12.4 Å². The monoisotopic (exact) mass is 191 g/mol. The Morgan fingerprint density at radius 1 is 1.29 bits per heavy atom. The van der Waals surface area contributed by atoms with Crippen LogP contribution >= 0.6 is 0 Å². The molecule has 0 amide bonds. The van der Waals surface area contributed by atoms with Gasteiger partial charge in [0.1, 0.15) is 0 Å². The van der Waals surface area contributed by atoms with E-state index in [0.29, 0.717) is 0 Å². The van der Waals surface area contributed by atoms with Crippen LogP contribution in [-0.2, 0) is 6.42 Å². The third kappa shape index (κ3) is 3.91. The predicted molar refractivity (Wildman–Crippen MR) is 61.4 cm³/mol. The number of hydrogen-bond acceptors (Lipinski definition) is 1. The van der Waals surface area contributed by atoms with E-state index < -0.39 is 0 Å². The van der Waals surface area contributed by atoms with Gasteiger partial charge in [-0.3, -0.25) is 4.98 Å². The lowest BCUT2D eigenvalue weighted by atomic mass is 10.0. The number of hydrogen-bond donors (Lipinski definition) is 0. The summed E-state index contributed by atoms with van der Waals surface area (Å²) in [5.74, 6) is 0.841. The minimum absolute atomic E-state index is 0.841. The van der Waals surface area contributed by atoms with Gasteiger partial charge >= 0.3 is 0 Å². The molecule has 0 unspecified atom stereocenters. The summed E-state index contributed by atoms with van der Waals surface area (Å²) in [6, 6.07) is 2.14. The minimum atomic E-state index is 0.841. The largest absolute Gasteiger partial charge is 0.264 e. The van der Waals surface area contributed by atoms with Crippen LogP contribution in [0.3, 0.4) is 0 Å². The Morgan fingerprint density at radius 3 is 2.71 bits per heavy atom. The lowest BCUT2D eigenvalue weighted by molar-refractivity contribution is 0.538. The van der Waals surface area contributed by atoms with Crippen LogP contribution in [0.2, 0.25) is 0 Å². The topological polar surface area (TPSA) is 12.9 Å². The summed E-state index contributed by atoms with van der Waals surface area (Å²) in [5, 5.41) is 0. The summed E-state index contributed by atoms with van der Waals surface area (Å²) in [6.07, 6.45) is 9.07. The first-order chi connectivity index (χ1) is 6.70. The first-order valence-corrected chi connectivity index (χ1v) is 5.59. The van der Waals surface area contributed by atoms with Gasteiger partial charge in [0.25, 0.3) is 0 Å². The van der Waals surface area contributed by atoms with Crippen molar-refractivity contribution in [3.05, 3.63) is 29.6 Å². The first-order valence-electron chi connectivity index (χ1n) is 5.59. The Morgan fingerprint density at radius 2 is 2.07 bits per heavy atom. The van der Waals surface area contributed by atoms with Gasteiger partial charge in [-0.05, 0) is 42.9 Å². The second-order valence-electron chi connectivity index (χ2n) is 4.44. The smallest absolute Gasteiger partial charge is 0.0299 e. The van der Waals surface area contributed by atoms with Crippen LogP contribution in [-0.4, -0.2) is 4.98 Å². The van der Waals surface area contributed by atoms with Crippen LogP contribution in [0.4, 0.5) is 0 Å². The predicted octanol–water partition coefficient (Wildman–Crippen LogP) is 3.76. The molecule has 0 spiro atoms. The maximum absolute atomic E-state index is 4.10. The first kappa shape index (κ1) is 11.2. The van der Waals surface area contributed by atoms with Gasteiger partial charge in [0.15, 0.2) is 0 Å². The molecule has 0 saturated heterocycles. The van der Waals surface area contributed by atoms with Gasteiger partial charge in [0.05, 0.1) is 0 Å². The molecule has 0 radical (unpaired) electrons. The van der Waals surface area contributed by atoms with Crippen molar-refractivity contribution in [3.8, 4) is 0 Å². The summed E-state index contributed by atoms with van der Waals surface area (Å²) in [5.41, 5.74) is 2.79. The van der Waals surface area contributed by atoms with Gasteiger partial charge in [-0.25, -0.2) is 0 Å². The summed E-state index contributed by atoms with van der Waals surface area (Å²) < 4.78 is 0. The highest BCUT2D eigenvalue weighted by atomic mass is 14.6. The van der Waals surface area contributed by atoms with E-state index in [1.54, 1.807) is 0 Å². The van der Waals surface area contributed by atoms with Crippen LogP contribution in [0.1, 0.15) is 44.2 Å². The van der Waals surface area contributed by atoms with E-state index in [-0.39, 0.29) is 0 Å². The lowest BCUT2D eigenvalue weighted by Gasteiger charge is -2.06. The van der Waals surface area contributed by atoms with E-state index in [1.165, 1.54) is 36.8 Å². The third-order valence-electron chi connectivity index (χ3n) is 2.61. The second kappa shape index (κ2) is 5.79. The molecule has 1 aromatic heterocycles. The van der Waals surface area contributed by atoms with Crippen LogP contribution in [0, 0.1) is 12.8 Å². The van der Waals surface area contributed by atoms with Crippen molar-refractivity contribution in [1.82, 2.24) is 4.98 Å². The zero-order chi connectivity index (χ0) is 10.4. The van der Waals surface area contributed by atoms with Crippen molar-refractivity contribution in [2.24, 2.45) is 5.92 Å². The van der Waals surface area contributed by atoms with Crippen LogP contribution < -0.4 is 0 Å². The number of aryl methyl sites for hydroxylation is 2. The number of rotatable bonds is 5. The summed E-state index contributed by atoms with van der Waals surface area (Å²) in [6.45, 7) is 6.72. The van der Waals surface area contributed by atoms with Gasteiger partial charge in [-0.2, -0.15) is 0 Å². The fraction of sp³-hybridized carbons (Fsp3) is 0.615. The number of pyridine rings is 1. The quantitative estimate of drug-likeness (QED) is 0.646. The standard InChI is InChI=1S/C13H21N/c1-11(2)6-4-5-7-13-8-9-14-10-12(13)3/h8-11H,4-7H2,1-3H3. The molecular weight excluding hydrogens is 170 g/mol. The highest BCUT2D eigenvalue weighted by Crippen LogP contribution is 2.12. The lowest BCUT2D eigenvalue weighted by Crippen LogP contribution is -1.92. The molecule has 0 aromatic carbocycles. The fourth-order valence-electron chi connectivity index (χ4n) is 1.65. The van der Waals surface area contributed by atoms with Gasteiger partial charge in [0, 0.05) is 12.4 Å². The van der Waals surface area contributed by atoms with Gasteiger partial charge in [-0.1, -0.05) is 26.7 Å². The third-order valence-corrected chi connectivity index (χ3v) is 2.61.